The van der Waals surface area contributed by atoms with E-state index < -0.39 is 0 Å². The first-order valence-electron chi connectivity index (χ1n) is 9.04. The lowest BCUT2D eigenvalue weighted by Crippen LogP contribution is -2.35. The Labute approximate surface area is 153 Å². The number of amides is 2. The van der Waals surface area contributed by atoms with Crippen LogP contribution in [0.4, 0.5) is 11.4 Å². The molecule has 0 unspecified atom stereocenters. The van der Waals surface area contributed by atoms with E-state index in [-0.39, 0.29) is 17.7 Å². The number of carbonyl (C=O) groups is 2. The Balaban J connectivity index is 1.54. The topological polar surface area (TPSA) is 70.2 Å². The summed E-state index contributed by atoms with van der Waals surface area (Å²) in [5, 5.41) is 9.11. The summed E-state index contributed by atoms with van der Waals surface area (Å²) in [4.78, 5) is 24.0. The van der Waals surface area contributed by atoms with Crippen LogP contribution in [-0.2, 0) is 9.59 Å². The zero-order valence-corrected chi connectivity index (χ0v) is 15.4. The van der Waals surface area contributed by atoms with Gasteiger partial charge in [-0.25, -0.2) is 0 Å². The van der Waals surface area contributed by atoms with E-state index >= 15 is 0 Å². The normalized spacial score (nSPS) is 17.2. The number of carbonyl (C=O) groups excluding carboxylic acids is 2. The molecule has 0 bridgehead atoms. The van der Waals surface area contributed by atoms with Crippen molar-refractivity contribution in [2.75, 3.05) is 10.6 Å². The summed E-state index contributed by atoms with van der Waals surface area (Å²) >= 11 is 5.27. The molecule has 2 saturated carbocycles. The zero-order valence-electron chi connectivity index (χ0n) is 14.6. The van der Waals surface area contributed by atoms with Crippen molar-refractivity contribution in [3.8, 4) is 0 Å². The van der Waals surface area contributed by atoms with Crippen molar-refractivity contribution in [1.29, 1.82) is 0 Å². The second kappa shape index (κ2) is 7.95. The highest BCUT2D eigenvalue weighted by Gasteiger charge is 2.29. The average molecular weight is 359 g/mol. The molecule has 25 heavy (non-hydrogen) atoms. The maximum atomic E-state index is 12.1. The Morgan fingerprint density at radius 2 is 1.72 bits per heavy atom. The van der Waals surface area contributed by atoms with Gasteiger partial charge >= 0.3 is 0 Å². The molecule has 2 aliphatic carbocycles. The predicted molar refractivity (Wildman–Crippen MR) is 103 cm³/mol. The number of hydrogen-bond acceptors (Lipinski definition) is 3. The number of nitrogens with one attached hydrogen (secondary N) is 3. The van der Waals surface area contributed by atoms with Crippen molar-refractivity contribution in [2.24, 2.45) is 11.8 Å². The molecule has 0 aliphatic heterocycles. The molecule has 0 spiro atoms. The molecule has 0 saturated heterocycles. The lowest BCUT2D eigenvalue weighted by Gasteiger charge is -2.16. The molecule has 0 atom stereocenters. The van der Waals surface area contributed by atoms with Gasteiger partial charge in [-0.15, -0.1) is 0 Å². The van der Waals surface area contributed by atoms with Gasteiger partial charge in [0, 0.05) is 23.7 Å². The van der Waals surface area contributed by atoms with Crippen molar-refractivity contribution in [2.45, 2.75) is 51.9 Å². The summed E-state index contributed by atoms with van der Waals surface area (Å²) in [7, 11) is 0. The van der Waals surface area contributed by atoms with Crippen LogP contribution in [0.2, 0.25) is 0 Å². The lowest BCUT2D eigenvalue weighted by atomic mass is 10.0. The van der Waals surface area contributed by atoms with E-state index in [9.17, 15) is 9.59 Å². The second-order valence-electron chi connectivity index (χ2n) is 7.10. The van der Waals surface area contributed by atoms with Crippen LogP contribution in [0.25, 0.3) is 0 Å². The number of rotatable bonds is 5. The molecule has 2 fully saturated rings. The number of thiocarbonyl (C=S) groups is 1. The van der Waals surface area contributed by atoms with Gasteiger partial charge in [-0.05, 0) is 68.4 Å². The predicted octanol–water partition coefficient (Wildman–Crippen LogP) is 3.74. The molecule has 1 aromatic carbocycles. The van der Waals surface area contributed by atoms with Crippen LogP contribution in [0.5, 0.6) is 0 Å². The van der Waals surface area contributed by atoms with E-state index in [2.05, 4.69) is 16.0 Å². The zero-order chi connectivity index (χ0) is 17.8. The first kappa shape index (κ1) is 17.9. The summed E-state index contributed by atoms with van der Waals surface area (Å²) < 4.78 is 0. The molecule has 1 aromatic rings. The van der Waals surface area contributed by atoms with E-state index in [4.69, 9.17) is 12.2 Å². The van der Waals surface area contributed by atoms with Gasteiger partial charge in [-0.3, -0.25) is 9.59 Å². The SMILES string of the molecule is Cc1c(NC(=O)C2CC2)cccc1NC(=S)NC(=O)CC1CCCC1. The number of anilines is 2. The Morgan fingerprint density at radius 3 is 2.36 bits per heavy atom. The van der Waals surface area contributed by atoms with Gasteiger partial charge in [0.05, 0.1) is 0 Å². The monoisotopic (exact) mass is 359 g/mol. The minimum Gasteiger partial charge on any atom is -0.332 e. The van der Waals surface area contributed by atoms with Crippen LogP contribution >= 0.6 is 12.2 Å². The molecule has 5 nitrogen and oxygen atoms in total. The minimum atomic E-state index is -0.0276. The van der Waals surface area contributed by atoms with Crippen molar-refractivity contribution < 1.29 is 9.59 Å². The van der Waals surface area contributed by atoms with E-state index in [1.807, 2.05) is 25.1 Å². The molecular weight excluding hydrogens is 334 g/mol. The first-order chi connectivity index (χ1) is 12.0. The third-order valence-corrected chi connectivity index (χ3v) is 5.19. The number of hydrogen-bond donors (Lipinski definition) is 3. The quantitative estimate of drug-likeness (QED) is 0.701. The molecule has 6 heteroatoms. The van der Waals surface area contributed by atoms with Crippen molar-refractivity contribution in [3.63, 3.8) is 0 Å². The van der Waals surface area contributed by atoms with Crippen molar-refractivity contribution >= 4 is 40.5 Å². The second-order valence-corrected chi connectivity index (χ2v) is 7.51. The summed E-state index contributed by atoms with van der Waals surface area (Å²) in [6.45, 7) is 1.92. The largest absolute Gasteiger partial charge is 0.332 e. The van der Waals surface area contributed by atoms with Crippen molar-refractivity contribution in [1.82, 2.24) is 5.32 Å². The van der Waals surface area contributed by atoms with Crippen molar-refractivity contribution in [3.05, 3.63) is 23.8 Å². The van der Waals surface area contributed by atoms with Crippen LogP contribution in [0.3, 0.4) is 0 Å². The standard InChI is InChI=1S/C19H25N3O2S/c1-12-15(20-18(24)14-9-10-14)7-4-8-16(12)21-19(25)22-17(23)11-13-5-2-3-6-13/h4,7-8,13-14H,2-3,5-6,9-11H2,1H3,(H,20,24)(H2,21,22,23,25). The van der Waals surface area contributed by atoms with E-state index in [0.29, 0.717) is 17.5 Å². The molecule has 134 valence electrons. The van der Waals surface area contributed by atoms with Gasteiger partial charge in [0.15, 0.2) is 5.11 Å². The van der Waals surface area contributed by atoms with Gasteiger partial charge < -0.3 is 16.0 Å². The highest BCUT2D eigenvalue weighted by atomic mass is 32.1. The molecule has 0 radical (unpaired) electrons. The summed E-state index contributed by atoms with van der Waals surface area (Å²) in [6.07, 6.45) is 7.20. The van der Waals surface area contributed by atoms with Crippen LogP contribution in [0.1, 0.15) is 50.5 Å². The van der Waals surface area contributed by atoms with Gasteiger partial charge in [0.1, 0.15) is 0 Å². The highest BCUT2D eigenvalue weighted by molar-refractivity contribution is 7.80. The Kier molecular flexibility index (Phi) is 5.68. The summed E-state index contributed by atoms with van der Waals surface area (Å²) in [6, 6.07) is 5.63. The average Bonchev–Trinajstić information content (AvgIpc) is 3.30. The van der Waals surface area contributed by atoms with Gasteiger partial charge in [0.25, 0.3) is 0 Å². The van der Waals surface area contributed by atoms with E-state index in [1.54, 1.807) is 0 Å². The Morgan fingerprint density at radius 1 is 1.08 bits per heavy atom. The third-order valence-electron chi connectivity index (χ3n) is 4.99. The third kappa shape index (κ3) is 5.01. The number of benzene rings is 1. The minimum absolute atomic E-state index is 0.0276. The molecule has 3 N–H and O–H groups in total. The fourth-order valence-corrected chi connectivity index (χ4v) is 3.52. The van der Waals surface area contributed by atoms with Crippen LogP contribution < -0.4 is 16.0 Å². The summed E-state index contributed by atoms with van der Waals surface area (Å²) in [5.74, 6) is 0.699. The molecule has 2 amide bonds. The van der Waals surface area contributed by atoms with Gasteiger partial charge in [-0.2, -0.15) is 0 Å². The highest BCUT2D eigenvalue weighted by Crippen LogP contribution is 2.31. The van der Waals surface area contributed by atoms with Crippen LogP contribution in [0.15, 0.2) is 18.2 Å². The molecule has 0 heterocycles. The van der Waals surface area contributed by atoms with Gasteiger partial charge in [-0.1, -0.05) is 18.9 Å². The first-order valence-corrected chi connectivity index (χ1v) is 9.45. The Hall–Kier alpha value is -1.95. The Bertz CT molecular complexity index is 679. The smallest absolute Gasteiger partial charge is 0.227 e. The molecule has 3 rings (SSSR count). The lowest BCUT2D eigenvalue weighted by molar-refractivity contribution is -0.120. The maximum Gasteiger partial charge on any atom is 0.227 e. The molecular formula is C19H25N3O2S. The van der Waals surface area contributed by atoms with Crippen LogP contribution in [0, 0.1) is 18.8 Å². The van der Waals surface area contributed by atoms with E-state index in [0.717, 1.165) is 42.6 Å². The van der Waals surface area contributed by atoms with E-state index in [1.165, 1.54) is 12.8 Å². The molecule has 0 aromatic heterocycles. The van der Waals surface area contributed by atoms with Crippen LogP contribution in [-0.4, -0.2) is 16.9 Å². The maximum absolute atomic E-state index is 12.1. The fourth-order valence-electron chi connectivity index (χ4n) is 3.29. The molecule has 2 aliphatic rings. The fraction of sp³-hybridized carbons (Fsp3) is 0.526. The van der Waals surface area contributed by atoms with Gasteiger partial charge in [0.2, 0.25) is 11.8 Å². The summed E-state index contributed by atoms with van der Waals surface area (Å²) in [5.41, 5.74) is 2.48.